The minimum Gasteiger partial charge on any atom is -0.317 e. The van der Waals surface area contributed by atoms with E-state index in [2.05, 4.69) is 12.2 Å². The Morgan fingerprint density at radius 2 is 1.65 bits per heavy atom. The van der Waals surface area contributed by atoms with Gasteiger partial charge in [0.1, 0.15) is 0 Å². The van der Waals surface area contributed by atoms with Crippen LogP contribution in [0.25, 0.3) is 0 Å². The highest BCUT2D eigenvalue weighted by Gasteiger charge is 2.12. The zero-order chi connectivity index (χ0) is 13.1. The molecule has 0 spiro atoms. The molecule has 0 heterocycles. The van der Waals surface area contributed by atoms with E-state index in [1.165, 1.54) is 36.2 Å². The summed E-state index contributed by atoms with van der Waals surface area (Å²) in [4.78, 5) is 0. The maximum absolute atomic E-state index is 11.3. The zero-order valence-corrected chi connectivity index (χ0v) is 12.4. The molecule has 0 saturated carbocycles. The molecule has 0 aromatic rings. The van der Waals surface area contributed by atoms with Crippen molar-refractivity contribution in [3.63, 3.8) is 0 Å². The highest BCUT2D eigenvalue weighted by atomic mass is 32.2. The van der Waals surface area contributed by atoms with E-state index >= 15 is 0 Å². The lowest BCUT2D eigenvalue weighted by molar-refractivity contribution is 0.418. The molecule has 0 aliphatic heterocycles. The third kappa shape index (κ3) is 9.56. The predicted octanol–water partition coefficient (Wildman–Crippen LogP) is 1.83. The van der Waals surface area contributed by atoms with Crippen LogP contribution in [0.1, 0.15) is 46.0 Å². The van der Waals surface area contributed by atoms with E-state index in [1.807, 2.05) is 6.92 Å². The van der Waals surface area contributed by atoms with Crippen molar-refractivity contribution in [3.8, 4) is 0 Å². The molecule has 0 aliphatic rings. The summed E-state index contributed by atoms with van der Waals surface area (Å²) in [7, 11) is -3.01. The van der Waals surface area contributed by atoms with Crippen molar-refractivity contribution >= 4 is 10.0 Å². The molecule has 0 rings (SSSR count). The molecule has 4 nitrogen and oxygen atoms in total. The van der Waals surface area contributed by atoms with Crippen LogP contribution in [0.5, 0.6) is 0 Å². The van der Waals surface area contributed by atoms with E-state index in [0.29, 0.717) is 13.1 Å². The Hall–Kier alpha value is -0.130. The quantitative estimate of drug-likeness (QED) is 0.579. The molecule has 0 aliphatic carbocycles. The predicted molar refractivity (Wildman–Crippen MR) is 73.7 cm³/mol. The lowest BCUT2D eigenvalue weighted by Crippen LogP contribution is -2.32. The van der Waals surface area contributed by atoms with Gasteiger partial charge in [0, 0.05) is 13.1 Å². The highest BCUT2D eigenvalue weighted by Crippen LogP contribution is 1.99. The average molecular weight is 264 g/mol. The van der Waals surface area contributed by atoms with Gasteiger partial charge in [-0.2, -0.15) is 0 Å². The van der Waals surface area contributed by atoms with E-state index in [0.717, 1.165) is 19.5 Å². The molecule has 0 aromatic carbocycles. The molecule has 0 fully saturated rings. The maximum atomic E-state index is 11.3. The van der Waals surface area contributed by atoms with Crippen molar-refractivity contribution in [1.29, 1.82) is 0 Å². The van der Waals surface area contributed by atoms with Gasteiger partial charge in [0.25, 0.3) is 0 Å². The Morgan fingerprint density at radius 1 is 1.00 bits per heavy atom. The summed E-state index contributed by atoms with van der Waals surface area (Å²) in [6, 6.07) is 0. The van der Waals surface area contributed by atoms with E-state index < -0.39 is 10.0 Å². The van der Waals surface area contributed by atoms with Gasteiger partial charge in [0.15, 0.2) is 0 Å². The smallest absolute Gasteiger partial charge is 0.211 e. The minimum absolute atomic E-state index is 0.565. The second-order valence-electron chi connectivity index (χ2n) is 4.42. The van der Waals surface area contributed by atoms with Crippen LogP contribution in [-0.4, -0.2) is 45.2 Å². The first-order valence-electron chi connectivity index (χ1n) is 6.68. The fourth-order valence-corrected chi connectivity index (χ4v) is 2.67. The number of nitrogens with one attached hydrogen (secondary N) is 1. The van der Waals surface area contributed by atoms with E-state index in [4.69, 9.17) is 0 Å². The van der Waals surface area contributed by atoms with E-state index in [1.54, 1.807) is 0 Å². The van der Waals surface area contributed by atoms with Crippen LogP contribution in [0.3, 0.4) is 0 Å². The lowest BCUT2D eigenvalue weighted by Gasteiger charge is -2.17. The van der Waals surface area contributed by atoms with Gasteiger partial charge in [-0.3, -0.25) is 0 Å². The Bertz CT molecular complexity index is 266. The topological polar surface area (TPSA) is 49.4 Å². The van der Waals surface area contributed by atoms with Crippen LogP contribution in [-0.2, 0) is 10.0 Å². The summed E-state index contributed by atoms with van der Waals surface area (Å²) >= 11 is 0. The molecule has 0 atom stereocenters. The van der Waals surface area contributed by atoms with Crippen molar-refractivity contribution in [1.82, 2.24) is 9.62 Å². The second-order valence-corrected chi connectivity index (χ2v) is 6.40. The van der Waals surface area contributed by atoms with Crippen molar-refractivity contribution in [2.24, 2.45) is 0 Å². The number of rotatable bonds is 11. The van der Waals surface area contributed by atoms with Gasteiger partial charge in [0.05, 0.1) is 6.26 Å². The van der Waals surface area contributed by atoms with Crippen LogP contribution in [0.4, 0.5) is 0 Å². The monoisotopic (exact) mass is 264 g/mol. The molecule has 5 heteroatoms. The number of hydrogen-bond donors (Lipinski definition) is 1. The van der Waals surface area contributed by atoms with Gasteiger partial charge < -0.3 is 5.32 Å². The standard InChI is InChI=1S/C12H28N2O2S/c1-4-6-7-8-10-13-11-9-12-14(5-2)17(3,15)16/h13H,4-12H2,1-3H3. The number of sulfonamides is 1. The van der Waals surface area contributed by atoms with Crippen LogP contribution >= 0.6 is 0 Å². The van der Waals surface area contributed by atoms with Gasteiger partial charge in [-0.1, -0.05) is 33.1 Å². The van der Waals surface area contributed by atoms with E-state index in [-0.39, 0.29) is 0 Å². The van der Waals surface area contributed by atoms with E-state index in [9.17, 15) is 8.42 Å². The normalized spacial score (nSPS) is 12.2. The fourth-order valence-electron chi connectivity index (χ4n) is 1.74. The molecular formula is C12H28N2O2S. The molecule has 0 saturated heterocycles. The van der Waals surface area contributed by atoms with Crippen LogP contribution in [0, 0.1) is 0 Å². The highest BCUT2D eigenvalue weighted by molar-refractivity contribution is 7.88. The molecule has 0 amide bonds. The SMILES string of the molecule is CCCCCCNCCCN(CC)S(C)(=O)=O. The molecule has 104 valence electrons. The largest absolute Gasteiger partial charge is 0.317 e. The first kappa shape index (κ1) is 16.9. The Balaban J connectivity index is 3.44. The molecule has 17 heavy (non-hydrogen) atoms. The van der Waals surface area contributed by atoms with Crippen molar-refractivity contribution in [3.05, 3.63) is 0 Å². The zero-order valence-electron chi connectivity index (χ0n) is 11.5. The summed E-state index contributed by atoms with van der Waals surface area (Å²) < 4.78 is 24.1. The molecule has 0 bridgehead atoms. The minimum atomic E-state index is -3.01. The maximum Gasteiger partial charge on any atom is 0.211 e. The van der Waals surface area contributed by atoms with Crippen LogP contribution in [0.2, 0.25) is 0 Å². The Labute approximate surface area is 107 Å². The van der Waals surface area contributed by atoms with Gasteiger partial charge in [-0.05, 0) is 25.9 Å². The summed E-state index contributed by atoms with van der Waals surface area (Å²) in [6.45, 7) is 7.22. The molecule has 1 N–H and O–H groups in total. The average Bonchev–Trinajstić information content (AvgIpc) is 2.25. The van der Waals surface area contributed by atoms with Gasteiger partial charge in [-0.15, -0.1) is 0 Å². The van der Waals surface area contributed by atoms with Crippen molar-refractivity contribution < 1.29 is 8.42 Å². The first-order valence-corrected chi connectivity index (χ1v) is 8.53. The molecule has 0 aromatic heterocycles. The number of hydrogen-bond acceptors (Lipinski definition) is 3. The Kier molecular flexibility index (Phi) is 9.78. The second kappa shape index (κ2) is 9.85. The number of nitrogens with zero attached hydrogens (tertiary/aromatic N) is 1. The molecular weight excluding hydrogens is 236 g/mol. The Morgan fingerprint density at radius 3 is 2.18 bits per heavy atom. The summed E-state index contributed by atoms with van der Waals surface area (Å²) in [6.07, 6.45) is 7.23. The summed E-state index contributed by atoms with van der Waals surface area (Å²) in [5.74, 6) is 0. The fraction of sp³-hybridized carbons (Fsp3) is 1.00. The summed E-state index contributed by atoms with van der Waals surface area (Å²) in [5, 5.41) is 3.35. The van der Waals surface area contributed by atoms with Crippen LogP contribution in [0.15, 0.2) is 0 Å². The van der Waals surface area contributed by atoms with Crippen molar-refractivity contribution in [2.45, 2.75) is 46.0 Å². The third-order valence-electron chi connectivity index (χ3n) is 2.79. The first-order chi connectivity index (χ1) is 8.02. The van der Waals surface area contributed by atoms with Gasteiger partial charge in [0.2, 0.25) is 10.0 Å². The molecule has 0 unspecified atom stereocenters. The van der Waals surface area contributed by atoms with Gasteiger partial charge in [-0.25, -0.2) is 12.7 Å². The van der Waals surface area contributed by atoms with Crippen molar-refractivity contribution in [2.75, 3.05) is 32.4 Å². The summed E-state index contributed by atoms with van der Waals surface area (Å²) in [5.41, 5.74) is 0. The molecule has 0 radical (unpaired) electrons. The lowest BCUT2D eigenvalue weighted by atomic mass is 10.2. The third-order valence-corrected chi connectivity index (χ3v) is 4.17. The number of unbranched alkanes of at least 4 members (excludes halogenated alkanes) is 3. The van der Waals surface area contributed by atoms with Gasteiger partial charge >= 0.3 is 0 Å². The van der Waals surface area contributed by atoms with Crippen LogP contribution < -0.4 is 5.32 Å².